The molecule has 202 valence electrons. The van der Waals surface area contributed by atoms with Gasteiger partial charge in [-0.15, -0.1) is 0 Å². The Bertz CT molecular complexity index is 1330. The molecule has 38 heavy (non-hydrogen) atoms. The number of nitrogens with one attached hydrogen (secondary N) is 1. The zero-order chi connectivity index (χ0) is 28.1. The molecule has 0 radical (unpaired) electrons. The minimum Gasteiger partial charge on any atom is -0.467 e. The Hall–Kier alpha value is -4.14. The van der Waals surface area contributed by atoms with E-state index in [1.54, 1.807) is 53.8 Å². The summed E-state index contributed by atoms with van der Waals surface area (Å²) in [7, 11) is 1.26. The van der Waals surface area contributed by atoms with E-state index in [2.05, 4.69) is 10.3 Å². The van der Waals surface area contributed by atoms with Gasteiger partial charge in [0.15, 0.2) is 0 Å². The first-order valence-corrected chi connectivity index (χ1v) is 12.3. The Balaban J connectivity index is 2.16. The number of benzene rings is 1. The van der Waals surface area contributed by atoms with Crippen molar-refractivity contribution in [3.05, 3.63) is 66.0 Å². The van der Waals surface area contributed by atoms with Crippen molar-refractivity contribution in [3.63, 3.8) is 0 Å². The predicted molar refractivity (Wildman–Crippen MR) is 145 cm³/mol. The van der Waals surface area contributed by atoms with Crippen molar-refractivity contribution >= 4 is 35.0 Å². The number of nitrogens with zero attached hydrogens (tertiary/aromatic N) is 2. The second-order valence-corrected chi connectivity index (χ2v) is 10.7. The second kappa shape index (κ2) is 11.5. The Morgan fingerprint density at radius 1 is 0.974 bits per heavy atom. The Morgan fingerprint density at radius 3 is 2.24 bits per heavy atom. The predicted octanol–water partition coefficient (Wildman–Crippen LogP) is 4.99. The molecule has 0 aliphatic heterocycles. The molecule has 9 heteroatoms. The van der Waals surface area contributed by atoms with Gasteiger partial charge in [-0.1, -0.05) is 24.3 Å². The molecule has 2 heterocycles. The summed E-state index contributed by atoms with van der Waals surface area (Å²) < 4.78 is 17.7. The highest BCUT2D eigenvalue weighted by Crippen LogP contribution is 2.31. The molecule has 0 aliphatic rings. The summed E-state index contributed by atoms with van der Waals surface area (Å²) in [5.74, 6) is -0.529. The van der Waals surface area contributed by atoms with Gasteiger partial charge >= 0.3 is 18.0 Å². The Labute approximate surface area is 222 Å². The quantitative estimate of drug-likeness (QED) is 0.265. The Kier molecular flexibility index (Phi) is 8.60. The van der Waals surface area contributed by atoms with Gasteiger partial charge in [0.1, 0.15) is 23.1 Å². The number of alkyl carbamates (subject to hydrolysis) is 1. The van der Waals surface area contributed by atoms with E-state index in [-0.39, 0.29) is 6.42 Å². The van der Waals surface area contributed by atoms with Crippen LogP contribution in [-0.4, -0.2) is 51.9 Å². The van der Waals surface area contributed by atoms with Crippen molar-refractivity contribution in [2.24, 2.45) is 0 Å². The topological polar surface area (TPSA) is 109 Å². The van der Waals surface area contributed by atoms with E-state index in [4.69, 9.17) is 14.2 Å². The number of ether oxygens (including phenoxy) is 3. The molecule has 0 saturated heterocycles. The van der Waals surface area contributed by atoms with Crippen LogP contribution < -0.4 is 5.32 Å². The number of aromatic nitrogens is 2. The van der Waals surface area contributed by atoms with Gasteiger partial charge in [-0.3, -0.25) is 4.57 Å². The molecule has 1 N–H and O–H groups in total. The third-order valence-corrected chi connectivity index (χ3v) is 5.27. The first-order chi connectivity index (χ1) is 17.8. The number of carbonyl (C=O) groups is 3. The van der Waals surface area contributed by atoms with Crippen LogP contribution in [0.1, 0.15) is 52.8 Å². The van der Waals surface area contributed by atoms with Gasteiger partial charge < -0.3 is 19.5 Å². The fourth-order valence-corrected chi connectivity index (χ4v) is 3.92. The number of rotatable bonds is 7. The summed E-state index contributed by atoms with van der Waals surface area (Å²) >= 11 is 0. The molecule has 3 aromatic rings. The van der Waals surface area contributed by atoms with Crippen molar-refractivity contribution in [3.8, 4) is 5.82 Å². The smallest absolute Gasteiger partial charge is 0.408 e. The van der Waals surface area contributed by atoms with E-state index in [1.807, 2.05) is 47.0 Å². The molecule has 0 bridgehead atoms. The first kappa shape index (κ1) is 28.4. The second-order valence-electron chi connectivity index (χ2n) is 10.7. The molecule has 9 nitrogen and oxygen atoms in total. The van der Waals surface area contributed by atoms with Crippen LogP contribution in [0.2, 0.25) is 0 Å². The number of methoxy groups -OCH3 is 1. The van der Waals surface area contributed by atoms with E-state index < -0.39 is 35.3 Å². The lowest BCUT2D eigenvalue weighted by Gasteiger charge is -2.22. The zero-order valence-electron chi connectivity index (χ0n) is 22.9. The lowest BCUT2D eigenvalue weighted by atomic mass is 10.0. The van der Waals surface area contributed by atoms with Crippen molar-refractivity contribution in [2.75, 3.05) is 7.11 Å². The molecule has 1 amide bonds. The van der Waals surface area contributed by atoms with Gasteiger partial charge in [0.05, 0.1) is 18.3 Å². The molecule has 3 rings (SSSR count). The normalized spacial score (nSPS) is 12.8. The molecule has 2 aromatic heterocycles. The number of esters is 2. The van der Waals surface area contributed by atoms with Crippen LogP contribution >= 0.6 is 0 Å². The van der Waals surface area contributed by atoms with Crippen molar-refractivity contribution < 1.29 is 28.6 Å². The minimum absolute atomic E-state index is 0.0697. The summed E-state index contributed by atoms with van der Waals surface area (Å²) in [6.45, 7) is 10.6. The monoisotopic (exact) mass is 521 g/mol. The molecule has 0 saturated carbocycles. The zero-order valence-corrected chi connectivity index (χ0v) is 22.9. The fourth-order valence-electron chi connectivity index (χ4n) is 3.92. The van der Waals surface area contributed by atoms with E-state index >= 15 is 0 Å². The average molecular weight is 522 g/mol. The maximum Gasteiger partial charge on any atom is 0.408 e. The number of amides is 1. The largest absolute Gasteiger partial charge is 0.467 e. The molecular formula is C29H35N3O6. The number of carbonyl (C=O) groups excluding carboxylic acids is 3. The van der Waals surface area contributed by atoms with Gasteiger partial charge in [0, 0.05) is 24.1 Å². The number of pyridine rings is 1. The van der Waals surface area contributed by atoms with E-state index in [0.717, 1.165) is 10.9 Å². The van der Waals surface area contributed by atoms with Crippen LogP contribution in [0.3, 0.4) is 0 Å². The van der Waals surface area contributed by atoms with Gasteiger partial charge in [-0.05, 0) is 71.4 Å². The molecule has 0 spiro atoms. The number of hydrogen-bond acceptors (Lipinski definition) is 7. The highest BCUT2D eigenvalue weighted by atomic mass is 16.6. The average Bonchev–Trinajstić information content (AvgIpc) is 3.13. The summed E-state index contributed by atoms with van der Waals surface area (Å²) in [6.07, 6.45) is 3.98. The van der Waals surface area contributed by atoms with E-state index in [1.165, 1.54) is 13.2 Å². The molecule has 0 unspecified atom stereocenters. The lowest BCUT2D eigenvalue weighted by Crippen LogP contribution is -2.45. The SMILES string of the molecule is COC(=O)[C@H](Cc1c(/C=C/C(=O)OC(C)(C)C)n(-c2ccccn2)c2ccccc12)NC(=O)OC(C)(C)C. The summed E-state index contributed by atoms with van der Waals surface area (Å²) in [5, 5.41) is 3.45. The first-order valence-electron chi connectivity index (χ1n) is 12.3. The minimum atomic E-state index is -1.05. The van der Waals surface area contributed by atoms with Gasteiger partial charge in [0.2, 0.25) is 0 Å². The fraction of sp³-hybridized carbons (Fsp3) is 0.379. The number of para-hydroxylation sites is 1. The number of fused-ring (bicyclic) bond motifs is 1. The highest BCUT2D eigenvalue weighted by Gasteiger charge is 2.29. The van der Waals surface area contributed by atoms with E-state index in [9.17, 15) is 14.4 Å². The molecule has 1 aromatic carbocycles. The highest BCUT2D eigenvalue weighted by molar-refractivity contribution is 5.94. The van der Waals surface area contributed by atoms with Crippen LogP contribution in [0.4, 0.5) is 4.79 Å². The lowest BCUT2D eigenvalue weighted by molar-refractivity contribution is -0.148. The van der Waals surface area contributed by atoms with Crippen LogP contribution in [0.25, 0.3) is 22.8 Å². The summed E-state index contributed by atoms with van der Waals surface area (Å²) in [4.78, 5) is 42.4. The van der Waals surface area contributed by atoms with Gasteiger partial charge in [0.25, 0.3) is 0 Å². The molecule has 0 fully saturated rings. The third-order valence-electron chi connectivity index (χ3n) is 5.27. The van der Waals surface area contributed by atoms with Gasteiger partial charge in [-0.2, -0.15) is 0 Å². The standard InChI is InChI=1S/C29H35N3O6/c1-28(2,3)37-25(33)16-15-23-20(18-21(26(34)36-7)31-27(35)38-29(4,5)6)19-12-8-9-13-22(19)32(23)24-14-10-11-17-30-24/h8-17,21H,18H2,1-7H3,(H,31,35)/b16-15+/t21-/m0/s1. The number of hydrogen-bond donors (Lipinski definition) is 1. The van der Waals surface area contributed by atoms with Gasteiger partial charge in [-0.25, -0.2) is 19.4 Å². The van der Waals surface area contributed by atoms with Crippen LogP contribution in [-0.2, 0) is 30.2 Å². The maximum absolute atomic E-state index is 12.8. The molecular weight excluding hydrogens is 486 g/mol. The summed E-state index contributed by atoms with van der Waals surface area (Å²) in [6, 6.07) is 12.1. The van der Waals surface area contributed by atoms with Crippen LogP contribution in [0.15, 0.2) is 54.7 Å². The molecule has 0 aliphatic carbocycles. The maximum atomic E-state index is 12.8. The molecule has 1 atom stereocenters. The third kappa shape index (κ3) is 7.44. The van der Waals surface area contributed by atoms with Crippen molar-refractivity contribution in [2.45, 2.75) is 65.2 Å². The van der Waals surface area contributed by atoms with E-state index in [0.29, 0.717) is 17.1 Å². The van der Waals surface area contributed by atoms with Crippen LogP contribution in [0.5, 0.6) is 0 Å². The van der Waals surface area contributed by atoms with Crippen LogP contribution in [0, 0.1) is 0 Å². The van der Waals surface area contributed by atoms with Crippen molar-refractivity contribution in [1.82, 2.24) is 14.9 Å². The van der Waals surface area contributed by atoms with Crippen molar-refractivity contribution in [1.29, 1.82) is 0 Å². The summed E-state index contributed by atoms with van der Waals surface area (Å²) in [5.41, 5.74) is 0.714. The Morgan fingerprint density at radius 2 is 1.63 bits per heavy atom.